The number of carbonyl (C=O) groups excluding carboxylic acids is 1. The van der Waals surface area contributed by atoms with E-state index in [2.05, 4.69) is 17.6 Å². The highest BCUT2D eigenvalue weighted by atomic mass is 16.1. The quantitative estimate of drug-likeness (QED) is 0.645. The van der Waals surface area contributed by atoms with Gasteiger partial charge in [0.25, 0.3) is 0 Å². The lowest BCUT2D eigenvalue weighted by molar-refractivity contribution is -0.119. The molecule has 1 saturated carbocycles. The Balaban J connectivity index is 2.09. The molecule has 2 N–H and O–H groups in total. The van der Waals surface area contributed by atoms with Crippen LogP contribution < -0.4 is 10.6 Å². The van der Waals surface area contributed by atoms with Crippen molar-refractivity contribution >= 4 is 5.91 Å². The zero-order valence-corrected chi connectivity index (χ0v) is 7.89. The van der Waals surface area contributed by atoms with Crippen LogP contribution in [0.15, 0.2) is 0 Å². The first-order valence-corrected chi connectivity index (χ1v) is 4.68. The Morgan fingerprint density at radius 3 is 2.67 bits per heavy atom. The van der Waals surface area contributed by atoms with Crippen molar-refractivity contribution in [2.45, 2.75) is 32.2 Å². The first-order chi connectivity index (χ1) is 5.74. The molecule has 0 heterocycles. The van der Waals surface area contributed by atoms with E-state index in [1.807, 2.05) is 0 Å². The normalized spacial score (nSPS) is 19.8. The molecular formula is C9H18N2O. The van der Waals surface area contributed by atoms with E-state index in [4.69, 9.17) is 0 Å². The molecule has 0 saturated heterocycles. The maximum atomic E-state index is 10.9. The molecule has 0 aromatic heterocycles. The summed E-state index contributed by atoms with van der Waals surface area (Å²) in [5.74, 6) is 0.871. The van der Waals surface area contributed by atoms with Crippen LogP contribution in [0.25, 0.3) is 0 Å². The van der Waals surface area contributed by atoms with Crippen LogP contribution in [0.5, 0.6) is 0 Å². The van der Waals surface area contributed by atoms with Gasteiger partial charge in [0, 0.05) is 13.1 Å². The van der Waals surface area contributed by atoms with Crippen molar-refractivity contribution in [1.29, 1.82) is 0 Å². The van der Waals surface area contributed by atoms with Gasteiger partial charge in [0.1, 0.15) is 0 Å². The Morgan fingerprint density at radius 2 is 2.25 bits per heavy atom. The Kier molecular flexibility index (Phi) is 3.53. The van der Waals surface area contributed by atoms with E-state index >= 15 is 0 Å². The molecule has 1 unspecified atom stereocenters. The van der Waals surface area contributed by atoms with Gasteiger partial charge >= 0.3 is 0 Å². The van der Waals surface area contributed by atoms with Crippen LogP contribution in [0.1, 0.15) is 26.2 Å². The number of likely N-dealkylation sites (N-methyl/N-ethyl adjacent to an activating group) is 1. The smallest absolute Gasteiger partial charge is 0.233 e. The van der Waals surface area contributed by atoms with Crippen molar-refractivity contribution < 1.29 is 4.79 Å². The number of amides is 1. The molecular weight excluding hydrogens is 152 g/mol. The molecule has 70 valence electrons. The SMILES string of the molecule is CNC(=O)CNC(C)C1CCC1. The van der Waals surface area contributed by atoms with Gasteiger partial charge in [-0.1, -0.05) is 6.42 Å². The second kappa shape index (κ2) is 4.45. The molecule has 1 fully saturated rings. The van der Waals surface area contributed by atoms with E-state index in [1.54, 1.807) is 7.05 Å². The lowest BCUT2D eigenvalue weighted by Crippen LogP contribution is -2.42. The van der Waals surface area contributed by atoms with Gasteiger partial charge in [0.15, 0.2) is 0 Å². The number of hydrogen-bond acceptors (Lipinski definition) is 2. The third kappa shape index (κ3) is 2.48. The molecule has 3 nitrogen and oxygen atoms in total. The summed E-state index contributed by atoms with van der Waals surface area (Å²) in [6.45, 7) is 2.61. The topological polar surface area (TPSA) is 41.1 Å². The molecule has 1 amide bonds. The van der Waals surface area contributed by atoms with Crippen LogP contribution in [-0.4, -0.2) is 25.5 Å². The maximum absolute atomic E-state index is 10.9. The minimum absolute atomic E-state index is 0.0705. The average Bonchev–Trinajstić information content (AvgIpc) is 1.97. The van der Waals surface area contributed by atoms with Gasteiger partial charge in [-0.25, -0.2) is 0 Å². The summed E-state index contributed by atoms with van der Waals surface area (Å²) in [7, 11) is 1.66. The Hall–Kier alpha value is -0.570. The predicted molar refractivity (Wildman–Crippen MR) is 48.9 cm³/mol. The van der Waals surface area contributed by atoms with Crippen molar-refractivity contribution in [3.05, 3.63) is 0 Å². The first kappa shape index (κ1) is 9.52. The second-order valence-electron chi connectivity index (χ2n) is 3.53. The van der Waals surface area contributed by atoms with Crippen LogP contribution in [0.2, 0.25) is 0 Å². The molecule has 0 aliphatic heterocycles. The van der Waals surface area contributed by atoms with Gasteiger partial charge in [-0.2, -0.15) is 0 Å². The summed E-state index contributed by atoms with van der Waals surface area (Å²) in [5, 5.41) is 5.82. The fraction of sp³-hybridized carbons (Fsp3) is 0.889. The van der Waals surface area contributed by atoms with E-state index in [-0.39, 0.29) is 5.91 Å². The Morgan fingerprint density at radius 1 is 1.58 bits per heavy atom. The van der Waals surface area contributed by atoms with E-state index in [0.717, 1.165) is 5.92 Å². The highest BCUT2D eigenvalue weighted by Crippen LogP contribution is 2.29. The first-order valence-electron chi connectivity index (χ1n) is 4.68. The molecule has 0 aromatic carbocycles. The van der Waals surface area contributed by atoms with Gasteiger partial charge in [-0.05, 0) is 25.7 Å². The molecule has 0 spiro atoms. The lowest BCUT2D eigenvalue weighted by atomic mass is 9.80. The molecule has 1 atom stereocenters. The van der Waals surface area contributed by atoms with Crippen molar-refractivity contribution in [1.82, 2.24) is 10.6 Å². The summed E-state index contributed by atoms with van der Waals surface area (Å²) in [5.41, 5.74) is 0. The largest absolute Gasteiger partial charge is 0.358 e. The fourth-order valence-electron chi connectivity index (χ4n) is 1.45. The third-order valence-electron chi connectivity index (χ3n) is 2.72. The zero-order valence-electron chi connectivity index (χ0n) is 7.89. The van der Waals surface area contributed by atoms with E-state index < -0.39 is 0 Å². The number of nitrogens with one attached hydrogen (secondary N) is 2. The minimum Gasteiger partial charge on any atom is -0.358 e. The standard InChI is InChI=1S/C9H18N2O/c1-7(8-4-3-5-8)11-6-9(12)10-2/h7-8,11H,3-6H2,1-2H3,(H,10,12). The zero-order chi connectivity index (χ0) is 8.97. The minimum atomic E-state index is 0.0705. The Bertz CT molecular complexity index is 155. The van der Waals surface area contributed by atoms with Crippen LogP contribution in [0.4, 0.5) is 0 Å². The monoisotopic (exact) mass is 170 g/mol. The van der Waals surface area contributed by atoms with Crippen molar-refractivity contribution in [2.75, 3.05) is 13.6 Å². The van der Waals surface area contributed by atoms with Gasteiger partial charge < -0.3 is 10.6 Å². The van der Waals surface area contributed by atoms with E-state index in [9.17, 15) is 4.79 Å². The summed E-state index contributed by atoms with van der Waals surface area (Å²) >= 11 is 0. The number of rotatable bonds is 4. The lowest BCUT2D eigenvalue weighted by Gasteiger charge is -2.31. The predicted octanol–water partition coefficient (Wildman–Crippen LogP) is 0.511. The van der Waals surface area contributed by atoms with Crippen LogP contribution in [-0.2, 0) is 4.79 Å². The molecule has 12 heavy (non-hydrogen) atoms. The highest BCUT2D eigenvalue weighted by Gasteiger charge is 2.23. The second-order valence-corrected chi connectivity index (χ2v) is 3.53. The van der Waals surface area contributed by atoms with Crippen LogP contribution >= 0.6 is 0 Å². The summed E-state index contributed by atoms with van der Waals surface area (Å²) in [6.07, 6.45) is 4.00. The highest BCUT2D eigenvalue weighted by molar-refractivity contribution is 5.77. The summed E-state index contributed by atoms with van der Waals surface area (Å²) in [4.78, 5) is 10.9. The third-order valence-corrected chi connectivity index (χ3v) is 2.72. The number of carbonyl (C=O) groups is 1. The molecule has 0 bridgehead atoms. The maximum Gasteiger partial charge on any atom is 0.233 e. The fourth-order valence-corrected chi connectivity index (χ4v) is 1.45. The van der Waals surface area contributed by atoms with Crippen LogP contribution in [0, 0.1) is 5.92 Å². The molecule has 1 aliphatic carbocycles. The Labute approximate surface area is 73.9 Å². The van der Waals surface area contributed by atoms with Crippen molar-refractivity contribution in [3.8, 4) is 0 Å². The summed E-state index contributed by atoms with van der Waals surface area (Å²) < 4.78 is 0. The van der Waals surface area contributed by atoms with E-state index in [1.165, 1.54) is 19.3 Å². The molecule has 1 rings (SSSR count). The van der Waals surface area contributed by atoms with Crippen molar-refractivity contribution in [3.63, 3.8) is 0 Å². The summed E-state index contributed by atoms with van der Waals surface area (Å²) in [6, 6.07) is 0.496. The molecule has 0 radical (unpaired) electrons. The van der Waals surface area contributed by atoms with Gasteiger partial charge in [0.05, 0.1) is 6.54 Å². The molecule has 1 aliphatic rings. The van der Waals surface area contributed by atoms with Gasteiger partial charge in [-0.15, -0.1) is 0 Å². The van der Waals surface area contributed by atoms with Crippen LogP contribution in [0.3, 0.4) is 0 Å². The molecule has 3 heteroatoms. The van der Waals surface area contributed by atoms with Gasteiger partial charge in [-0.3, -0.25) is 4.79 Å². The average molecular weight is 170 g/mol. The number of hydrogen-bond donors (Lipinski definition) is 2. The van der Waals surface area contributed by atoms with Crippen molar-refractivity contribution in [2.24, 2.45) is 5.92 Å². The van der Waals surface area contributed by atoms with Gasteiger partial charge in [0.2, 0.25) is 5.91 Å². The molecule has 0 aromatic rings. The van der Waals surface area contributed by atoms with E-state index in [0.29, 0.717) is 12.6 Å².